The van der Waals surface area contributed by atoms with Gasteiger partial charge in [0.05, 0.1) is 39.5 Å². The maximum absolute atomic E-state index is 13.5. The van der Waals surface area contributed by atoms with E-state index in [-0.39, 0.29) is 33.4 Å². The molecule has 4 rings (SSSR count). The lowest BCUT2D eigenvalue weighted by Crippen LogP contribution is -2.50. The maximum Gasteiger partial charge on any atom is 0.275 e. The Morgan fingerprint density at radius 1 is 1.06 bits per heavy atom. The van der Waals surface area contributed by atoms with Crippen LogP contribution in [0, 0.1) is 22.0 Å². The van der Waals surface area contributed by atoms with Gasteiger partial charge in [0.2, 0.25) is 0 Å². The molecule has 1 fully saturated rings. The Hall–Kier alpha value is -3.23. The van der Waals surface area contributed by atoms with Crippen molar-refractivity contribution < 1.29 is 19.3 Å². The fourth-order valence-corrected chi connectivity index (χ4v) is 4.41. The van der Waals surface area contributed by atoms with E-state index in [4.69, 9.17) is 23.2 Å². The summed E-state index contributed by atoms with van der Waals surface area (Å²) in [7, 11) is 0. The molecule has 0 bridgehead atoms. The second kappa shape index (κ2) is 8.72. The average molecular weight is 474 g/mol. The Bertz CT molecular complexity index is 1140. The molecule has 2 aromatic rings. The van der Waals surface area contributed by atoms with E-state index in [2.05, 4.69) is 0 Å². The zero-order valence-electron chi connectivity index (χ0n) is 16.6. The predicted octanol–water partition coefficient (Wildman–Crippen LogP) is 4.41. The van der Waals surface area contributed by atoms with Gasteiger partial charge in [0, 0.05) is 11.1 Å². The van der Waals surface area contributed by atoms with Crippen molar-refractivity contribution in [3.63, 3.8) is 0 Å². The Balaban J connectivity index is 1.79. The van der Waals surface area contributed by atoms with E-state index in [1.807, 2.05) is 12.2 Å². The number of hydrogen-bond acceptors (Lipinski definition) is 5. The highest BCUT2D eigenvalue weighted by molar-refractivity contribution is 6.34. The number of imide groups is 1. The summed E-state index contributed by atoms with van der Waals surface area (Å²) >= 11 is 12.1. The molecule has 32 heavy (non-hydrogen) atoms. The number of allylic oxidation sites excluding steroid dienone is 2. The van der Waals surface area contributed by atoms with E-state index in [0.29, 0.717) is 12.8 Å². The van der Waals surface area contributed by atoms with Crippen LogP contribution in [0.15, 0.2) is 54.6 Å². The second-order valence-corrected chi connectivity index (χ2v) is 8.36. The van der Waals surface area contributed by atoms with Gasteiger partial charge < -0.3 is 0 Å². The van der Waals surface area contributed by atoms with Gasteiger partial charge in [-0.1, -0.05) is 47.5 Å². The summed E-state index contributed by atoms with van der Waals surface area (Å²) in [4.78, 5) is 50.8. The minimum atomic E-state index is -0.715. The Morgan fingerprint density at radius 3 is 2.28 bits per heavy atom. The normalized spacial score (nSPS) is 19.8. The van der Waals surface area contributed by atoms with E-state index in [1.54, 1.807) is 12.1 Å². The van der Waals surface area contributed by atoms with Crippen LogP contribution < -0.4 is 0 Å². The quantitative estimate of drug-likeness (QED) is 0.277. The number of rotatable bonds is 5. The molecule has 8 nitrogen and oxygen atoms in total. The zero-order chi connectivity index (χ0) is 23.0. The Labute approximate surface area is 193 Å². The highest BCUT2D eigenvalue weighted by atomic mass is 35.5. The molecule has 2 aliphatic rings. The highest BCUT2D eigenvalue weighted by Gasteiger charge is 2.51. The van der Waals surface area contributed by atoms with Crippen LogP contribution >= 0.6 is 23.2 Å². The molecule has 3 amide bonds. The van der Waals surface area contributed by atoms with Crippen LogP contribution in [0.2, 0.25) is 10.0 Å². The fourth-order valence-electron chi connectivity index (χ4n) is 4.03. The van der Waals surface area contributed by atoms with Crippen LogP contribution in [0.3, 0.4) is 0 Å². The molecule has 0 spiro atoms. The monoisotopic (exact) mass is 473 g/mol. The van der Waals surface area contributed by atoms with Crippen molar-refractivity contribution in [3.05, 3.63) is 85.9 Å². The SMILES string of the molecule is O=C(c1ccccc1Cl)N(Cc1ccc(Cl)cc1[N+](=O)[O-])N1C(=O)[C@@H]2CC=CC[C@H]2C1=O. The number of fused-ring (bicyclic) bond motifs is 1. The molecule has 1 aliphatic carbocycles. The fraction of sp³-hybridized carbons (Fsp3) is 0.227. The number of hydrogen-bond donors (Lipinski definition) is 0. The molecule has 1 saturated heterocycles. The number of benzene rings is 2. The van der Waals surface area contributed by atoms with Gasteiger partial charge in [0.1, 0.15) is 0 Å². The Morgan fingerprint density at radius 2 is 1.69 bits per heavy atom. The molecule has 0 aromatic heterocycles. The van der Waals surface area contributed by atoms with Crippen LogP contribution in [-0.2, 0) is 16.1 Å². The highest BCUT2D eigenvalue weighted by Crippen LogP contribution is 2.37. The van der Waals surface area contributed by atoms with Crippen LogP contribution in [0.1, 0.15) is 28.8 Å². The number of carbonyl (C=O) groups is 3. The third-order valence-corrected chi connectivity index (χ3v) is 6.19. The van der Waals surface area contributed by atoms with Crippen molar-refractivity contribution in [2.45, 2.75) is 19.4 Å². The summed E-state index contributed by atoms with van der Waals surface area (Å²) in [5, 5.41) is 13.6. The summed E-state index contributed by atoms with van der Waals surface area (Å²) in [6.45, 7) is -0.387. The summed E-state index contributed by atoms with van der Waals surface area (Å²) in [5.41, 5.74) is -0.139. The topological polar surface area (TPSA) is 101 Å². The summed E-state index contributed by atoms with van der Waals surface area (Å²) in [6, 6.07) is 10.2. The lowest BCUT2D eigenvalue weighted by atomic mass is 9.85. The van der Waals surface area contributed by atoms with Crippen molar-refractivity contribution in [1.29, 1.82) is 0 Å². The number of nitro groups is 1. The van der Waals surface area contributed by atoms with Crippen LogP contribution in [-0.4, -0.2) is 32.7 Å². The third kappa shape index (κ3) is 3.87. The number of carbonyl (C=O) groups excluding carboxylic acids is 3. The average Bonchev–Trinajstić information content (AvgIpc) is 3.03. The molecule has 1 aliphatic heterocycles. The van der Waals surface area contributed by atoms with Crippen LogP contribution in [0.25, 0.3) is 0 Å². The minimum Gasteiger partial charge on any atom is -0.272 e. The third-order valence-electron chi connectivity index (χ3n) is 5.63. The smallest absolute Gasteiger partial charge is 0.272 e. The van der Waals surface area contributed by atoms with E-state index in [9.17, 15) is 24.5 Å². The van der Waals surface area contributed by atoms with E-state index in [1.165, 1.54) is 24.3 Å². The molecule has 0 N–H and O–H groups in total. The number of nitrogens with zero attached hydrogens (tertiary/aromatic N) is 3. The maximum atomic E-state index is 13.5. The lowest BCUT2D eigenvalue weighted by molar-refractivity contribution is -0.385. The molecule has 0 unspecified atom stereocenters. The second-order valence-electron chi connectivity index (χ2n) is 7.52. The van der Waals surface area contributed by atoms with Crippen LogP contribution in [0.5, 0.6) is 0 Å². The molecule has 164 valence electrons. The van der Waals surface area contributed by atoms with Crippen molar-refractivity contribution in [2.75, 3.05) is 0 Å². The van der Waals surface area contributed by atoms with Gasteiger partial charge in [-0.25, -0.2) is 5.01 Å². The van der Waals surface area contributed by atoms with Crippen molar-refractivity contribution in [3.8, 4) is 0 Å². The summed E-state index contributed by atoms with van der Waals surface area (Å²) in [6.07, 6.45) is 4.45. The summed E-state index contributed by atoms with van der Waals surface area (Å²) < 4.78 is 0. The van der Waals surface area contributed by atoms with Gasteiger partial charge in [-0.2, -0.15) is 5.01 Å². The molecular weight excluding hydrogens is 457 g/mol. The Kier molecular flexibility index (Phi) is 5.99. The molecular formula is C22H17Cl2N3O5. The number of nitro benzene ring substituents is 1. The van der Waals surface area contributed by atoms with E-state index < -0.39 is 34.5 Å². The number of amides is 3. The first kappa shape index (κ1) is 22.0. The number of hydrazine groups is 1. The molecule has 2 atom stereocenters. The van der Waals surface area contributed by atoms with Crippen molar-refractivity contribution in [1.82, 2.24) is 10.0 Å². The van der Waals surface area contributed by atoms with Gasteiger partial charge in [0.25, 0.3) is 23.4 Å². The number of halogens is 2. The molecule has 0 saturated carbocycles. The van der Waals surface area contributed by atoms with E-state index >= 15 is 0 Å². The van der Waals surface area contributed by atoms with Gasteiger partial charge >= 0.3 is 0 Å². The molecule has 10 heteroatoms. The largest absolute Gasteiger partial charge is 0.275 e. The first-order valence-electron chi connectivity index (χ1n) is 9.81. The van der Waals surface area contributed by atoms with Crippen molar-refractivity contribution >= 4 is 46.6 Å². The van der Waals surface area contributed by atoms with Gasteiger partial charge in [-0.05, 0) is 37.1 Å². The van der Waals surface area contributed by atoms with Crippen molar-refractivity contribution in [2.24, 2.45) is 11.8 Å². The first-order chi connectivity index (χ1) is 15.3. The standard InChI is InChI=1S/C22H17Cl2N3O5/c23-14-10-9-13(19(11-14)27(31)32)12-25(20(28)17-7-3-4-8-18(17)24)26-21(29)15-5-1-2-6-16(15)22(26)30/h1-4,7-11,15-16H,5-6,12H2/t15-,16-/m1/s1. The lowest BCUT2D eigenvalue weighted by Gasteiger charge is -2.30. The zero-order valence-corrected chi connectivity index (χ0v) is 18.1. The molecule has 2 aromatic carbocycles. The van der Waals surface area contributed by atoms with Crippen LogP contribution in [0.4, 0.5) is 5.69 Å². The molecule has 0 radical (unpaired) electrons. The van der Waals surface area contributed by atoms with E-state index in [0.717, 1.165) is 16.1 Å². The van der Waals surface area contributed by atoms with Gasteiger partial charge in [-0.15, -0.1) is 0 Å². The molecule has 1 heterocycles. The summed E-state index contributed by atoms with van der Waals surface area (Å²) in [5.74, 6) is -2.89. The van der Waals surface area contributed by atoms with Gasteiger partial charge in [-0.3, -0.25) is 24.5 Å². The predicted molar refractivity (Wildman–Crippen MR) is 117 cm³/mol. The van der Waals surface area contributed by atoms with Gasteiger partial charge in [0.15, 0.2) is 0 Å². The minimum absolute atomic E-state index is 0.0689. The first-order valence-corrected chi connectivity index (χ1v) is 10.6.